The number of nitrogens with one attached hydrogen (secondary N) is 1. The van der Waals surface area contributed by atoms with Gasteiger partial charge in [0.15, 0.2) is 6.61 Å². The Kier molecular flexibility index (Phi) is 5.79. The van der Waals surface area contributed by atoms with Gasteiger partial charge in [-0.05, 0) is 29.7 Å². The number of nitrogens with two attached hydrogens (primary N) is 1. The highest BCUT2D eigenvalue weighted by atomic mass is 16.5. The predicted octanol–water partition coefficient (Wildman–Crippen LogP) is 1.88. The van der Waals surface area contributed by atoms with Crippen LogP contribution in [0.5, 0.6) is 5.75 Å². The Morgan fingerprint density at radius 1 is 1.00 bits per heavy atom. The maximum atomic E-state index is 11.7. The minimum absolute atomic E-state index is 0.0246. The number of rotatable bonds is 7. The molecule has 0 aliphatic heterocycles. The fourth-order valence-corrected chi connectivity index (χ4v) is 1.91. The molecular formula is C17H20N2O2. The summed E-state index contributed by atoms with van der Waals surface area (Å²) in [7, 11) is 0. The standard InChI is InChI=1S/C17H20N2O2/c18-12-15-6-8-16(9-7-15)21-13-17(20)19-11-10-14-4-2-1-3-5-14/h1-9H,10-13,18H2,(H,19,20). The number of benzene rings is 2. The zero-order chi connectivity index (χ0) is 14.9. The number of hydrogen-bond acceptors (Lipinski definition) is 3. The zero-order valence-corrected chi connectivity index (χ0v) is 11.9. The summed E-state index contributed by atoms with van der Waals surface area (Å²) in [5.74, 6) is 0.555. The van der Waals surface area contributed by atoms with Crippen molar-refractivity contribution in [2.45, 2.75) is 13.0 Å². The normalized spacial score (nSPS) is 10.1. The van der Waals surface area contributed by atoms with Gasteiger partial charge in [0.05, 0.1) is 0 Å². The topological polar surface area (TPSA) is 64.3 Å². The van der Waals surface area contributed by atoms with Crippen LogP contribution in [0.25, 0.3) is 0 Å². The molecule has 0 heterocycles. The molecule has 0 spiro atoms. The quantitative estimate of drug-likeness (QED) is 0.816. The van der Waals surface area contributed by atoms with Crippen LogP contribution in [0.15, 0.2) is 54.6 Å². The third-order valence-corrected chi connectivity index (χ3v) is 3.11. The van der Waals surface area contributed by atoms with Crippen molar-refractivity contribution in [1.29, 1.82) is 0 Å². The Morgan fingerprint density at radius 3 is 2.38 bits per heavy atom. The minimum atomic E-state index is -0.117. The molecule has 0 saturated heterocycles. The first-order valence-electron chi connectivity index (χ1n) is 7.00. The maximum Gasteiger partial charge on any atom is 0.257 e. The predicted molar refractivity (Wildman–Crippen MR) is 83.0 cm³/mol. The molecule has 4 heteroatoms. The molecule has 2 aromatic carbocycles. The van der Waals surface area contributed by atoms with Crippen LogP contribution in [0.4, 0.5) is 0 Å². The maximum absolute atomic E-state index is 11.7. The van der Waals surface area contributed by atoms with Crippen molar-refractivity contribution in [1.82, 2.24) is 5.32 Å². The molecule has 110 valence electrons. The molecule has 0 unspecified atom stereocenters. The summed E-state index contributed by atoms with van der Waals surface area (Å²) in [6, 6.07) is 17.5. The summed E-state index contributed by atoms with van der Waals surface area (Å²) in [4.78, 5) is 11.7. The van der Waals surface area contributed by atoms with E-state index >= 15 is 0 Å². The van der Waals surface area contributed by atoms with Crippen molar-refractivity contribution < 1.29 is 9.53 Å². The van der Waals surface area contributed by atoms with Gasteiger partial charge in [-0.3, -0.25) is 4.79 Å². The second kappa shape index (κ2) is 8.07. The second-order valence-electron chi connectivity index (χ2n) is 4.72. The number of amides is 1. The minimum Gasteiger partial charge on any atom is -0.484 e. The lowest BCUT2D eigenvalue weighted by Crippen LogP contribution is -2.30. The smallest absolute Gasteiger partial charge is 0.257 e. The van der Waals surface area contributed by atoms with E-state index in [1.165, 1.54) is 5.56 Å². The largest absolute Gasteiger partial charge is 0.484 e. The van der Waals surface area contributed by atoms with Gasteiger partial charge in [0, 0.05) is 13.1 Å². The van der Waals surface area contributed by atoms with Crippen LogP contribution in [-0.4, -0.2) is 19.1 Å². The van der Waals surface area contributed by atoms with Crippen molar-refractivity contribution in [3.8, 4) is 5.75 Å². The van der Waals surface area contributed by atoms with Gasteiger partial charge in [0.25, 0.3) is 5.91 Å². The molecule has 0 aliphatic carbocycles. The lowest BCUT2D eigenvalue weighted by atomic mass is 10.1. The van der Waals surface area contributed by atoms with E-state index in [0.29, 0.717) is 18.8 Å². The Labute approximate surface area is 124 Å². The number of ether oxygens (including phenoxy) is 1. The highest BCUT2D eigenvalue weighted by molar-refractivity contribution is 5.77. The molecule has 1 amide bonds. The third kappa shape index (κ3) is 5.28. The van der Waals surface area contributed by atoms with Gasteiger partial charge >= 0.3 is 0 Å². The molecule has 21 heavy (non-hydrogen) atoms. The number of carbonyl (C=O) groups is 1. The van der Waals surface area contributed by atoms with Crippen molar-refractivity contribution in [2.75, 3.05) is 13.2 Å². The van der Waals surface area contributed by atoms with E-state index in [9.17, 15) is 4.79 Å². The molecule has 3 N–H and O–H groups in total. The summed E-state index contributed by atoms with van der Waals surface area (Å²) < 4.78 is 5.42. The Morgan fingerprint density at radius 2 is 1.71 bits per heavy atom. The SMILES string of the molecule is NCc1ccc(OCC(=O)NCCc2ccccc2)cc1. The second-order valence-corrected chi connectivity index (χ2v) is 4.72. The van der Waals surface area contributed by atoms with Crippen LogP contribution in [0, 0.1) is 0 Å². The van der Waals surface area contributed by atoms with E-state index in [4.69, 9.17) is 10.5 Å². The van der Waals surface area contributed by atoms with Gasteiger partial charge in [-0.25, -0.2) is 0 Å². The third-order valence-electron chi connectivity index (χ3n) is 3.11. The van der Waals surface area contributed by atoms with Gasteiger partial charge in [-0.1, -0.05) is 42.5 Å². The molecule has 0 atom stereocenters. The Balaban J connectivity index is 1.67. The lowest BCUT2D eigenvalue weighted by Gasteiger charge is -2.08. The van der Waals surface area contributed by atoms with Crippen LogP contribution in [-0.2, 0) is 17.8 Å². The first kappa shape index (κ1) is 15.1. The molecule has 4 nitrogen and oxygen atoms in total. The fourth-order valence-electron chi connectivity index (χ4n) is 1.91. The van der Waals surface area contributed by atoms with E-state index < -0.39 is 0 Å². The molecule has 0 radical (unpaired) electrons. The molecular weight excluding hydrogens is 264 g/mol. The van der Waals surface area contributed by atoms with Crippen molar-refractivity contribution in [2.24, 2.45) is 5.73 Å². The Hall–Kier alpha value is -2.33. The van der Waals surface area contributed by atoms with Crippen LogP contribution in [0.1, 0.15) is 11.1 Å². The van der Waals surface area contributed by atoms with Gasteiger partial charge < -0.3 is 15.8 Å². The van der Waals surface area contributed by atoms with Crippen molar-refractivity contribution in [3.05, 3.63) is 65.7 Å². The summed E-state index contributed by atoms with van der Waals surface area (Å²) in [5.41, 5.74) is 7.76. The van der Waals surface area contributed by atoms with Gasteiger partial charge in [0.2, 0.25) is 0 Å². The van der Waals surface area contributed by atoms with Gasteiger partial charge in [0.1, 0.15) is 5.75 Å². The van der Waals surface area contributed by atoms with E-state index in [2.05, 4.69) is 5.32 Å². The van der Waals surface area contributed by atoms with Crippen LogP contribution >= 0.6 is 0 Å². The van der Waals surface area contributed by atoms with Crippen molar-refractivity contribution >= 4 is 5.91 Å². The van der Waals surface area contributed by atoms with Gasteiger partial charge in [-0.15, -0.1) is 0 Å². The van der Waals surface area contributed by atoms with Crippen LogP contribution in [0.3, 0.4) is 0 Å². The van der Waals surface area contributed by atoms with Crippen LogP contribution < -0.4 is 15.8 Å². The summed E-state index contributed by atoms with van der Waals surface area (Å²) in [6.07, 6.45) is 0.817. The molecule has 0 aromatic heterocycles. The van der Waals surface area contributed by atoms with Gasteiger partial charge in [-0.2, -0.15) is 0 Å². The molecule has 0 aliphatic rings. The number of carbonyl (C=O) groups excluding carboxylic acids is 1. The Bertz CT molecular complexity index is 553. The average molecular weight is 284 g/mol. The molecule has 0 saturated carbocycles. The summed E-state index contributed by atoms with van der Waals surface area (Å²) >= 11 is 0. The average Bonchev–Trinajstić information content (AvgIpc) is 2.54. The summed E-state index contributed by atoms with van der Waals surface area (Å²) in [6.45, 7) is 1.13. The summed E-state index contributed by atoms with van der Waals surface area (Å²) in [5, 5.41) is 2.84. The fraction of sp³-hybridized carbons (Fsp3) is 0.235. The van der Waals surface area contributed by atoms with E-state index in [0.717, 1.165) is 12.0 Å². The zero-order valence-electron chi connectivity index (χ0n) is 11.9. The monoisotopic (exact) mass is 284 g/mol. The lowest BCUT2D eigenvalue weighted by molar-refractivity contribution is -0.123. The highest BCUT2D eigenvalue weighted by Gasteiger charge is 2.02. The molecule has 2 rings (SSSR count). The molecule has 0 bridgehead atoms. The van der Waals surface area contributed by atoms with Crippen LogP contribution in [0.2, 0.25) is 0 Å². The van der Waals surface area contributed by atoms with E-state index in [1.807, 2.05) is 54.6 Å². The number of hydrogen-bond donors (Lipinski definition) is 2. The first-order valence-corrected chi connectivity index (χ1v) is 7.00. The molecule has 0 fully saturated rings. The van der Waals surface area contributed by atoms with E-state index in [-0.39, 0.29) is 12.5 Å². The first-order chi connectivity index (χ1) is 10.3. The van der Waals surface area contributed by atoms with E-state index in [1.54, 1.807) is 0 Å². The van der Waals surface area contributed by atoms with Crippen molar-refractivity contribution in [3.63, 3.8) is 0 Å². The highest BCUT2D eigenvalue weighted by Crippen LogP contribution is 2.11. The molecule has 2 aromatic rings.